The van der Waals surface area contributed by atoms with Crippen molar-refractivity contribution >= 4 is 27.2 Å². The second-order valence-electron chi connectivity index (χ2n) is 8.77. The Labute approximate surface area is 185 Å². The molecule has 0 radical (unpaired) electrons. The Bertz CT molecular complexity index is 1440. The molecule has 1 aromatic carbocycles. The standard InChI is InChI=1S/C25H25N5S/c1-14(2)22-23(19-8-15(3)25-27-13-28-30(25)12-19)29-20-10-21(31-24(20)22)17-4-5-18-11-26-7-6-16(18)9-17/h4-5,8-10,12-14,26,29H,6-7,11H2,1-3H3. The highest BCUT2D eigenvalue weighted by atomic mass is 32.1. The average Bonchev–Trinajstić information content (AvgIpc) is 3.47. The van der Waals surface area contributed by atoms with Crippen molar-refractivity contribution in [3.05, 3.63) is 65.1 Å². The first kappa shape index (κ1) is 18.8. The highest BCUT2D eigenvalue weighted by Crippen LogP contribution is 2.43. The number of aromatic nitrogens is 4. The number of fused-ring (bicyclic) bond motifs is 3. The molecular weight excluding hydrogens is 402 g/mol. The van der Waals surface area contributed by atoms with Gasteiger partial charge in [-0.3, -0.25) is 0 Å². The van der Waals surface area contributed by atoms with Crippen LogP contribution in [0, 0.1) is 6.92 Å². The first-order chi connectivity index (χ1) is 15.1. The fourth-order valence-electron chi connectivity index (χ4n) is 4.78. The minimum absolute atomic E-state index is 0.414. The SMILES string of the molecule is Cc1cc(-c2[nH]c3cc(-c4ccc5c(c4)CCNC5)sc3c2C(C)C)cn2ncnc12. The van der Waals surface area contributed by atoms with Gasteiger partial charge in [0.1, 0.15) is 6.33 Å². The predicted molar refractivity (Wildman–Crippen MR) is 128 cm³/mol. The van der Waals surface area contributed by atoms with Gasteiger partial charge in [-0.15, -0.1) is 11.3 Å². The topological polar surface area (TPSA) is 58.0 Å². The molecule has 2 N–H and O–H groups in total. The summed E-state index contributed by atoms with van der Waals surface area (Å²) in [7, 11) is 0. The molecule has 0 unspecified atom stereocenters. The van der Waals surface area contributed by atoms with E-state index in [1.165, 1.54) is 43.0 Å². The number of pyridine rings is 1. The Kier molecular flexibility index (Phi) is 4.26. The van der Waals surface area contributed by atoms with E-state index in [-0.39, 0.29) is 0 Å². The minimum Gasteiger partial charge on any atom is -0.354 e. The maximum atomic E-state index is 4.36. The van der Waals surface area contributed by atoms with Gasteiger partial charge in [0.05, 0.1) is 15.9 Å². The Morgan fingerprint density at radius 3 is 2.87 bits per heavy atom. The van der Waals surface area contributed by atoms with Gasteiger partial charge in [0.2, 0.25) is 0 Å². The van der Waals surface area contributed by atoms with Gasteiger partial charge in [0, 0.05) is 23.2 Å². The van der Waals surface area contributed by atoms with Crippen molar-refractivity contribution in [1.29, 1.82) is 0 Å². The van der Waals surface area contributed by atoms with E-state index in [0.717, 1.165) is 36.3 Å². The number of aryl methyl sites for hydroxylation is 1. The van der Waals surface area contributed by atoms with Gasteiger partial charge in [-0.1, -0.05) is 26.0 Å². The van der Waals surface area contributed by atoms with Gasteiger partial charge in [-0.2, -0.15) is 5.10 Å². The Morgan fingerprint density at radius 2 is 2.00 bits per heavy atom. The summed E-state index contributed by atoms with van der Waals surface area (Å²) >= 11 is 1.90. The van der Waals surface area contributed by atoms with E-state index < -0.39 is 0 Å². The lowest BCUT2D eigenvalue weighted by molar-refractivity contribution is 0.644. The van der Waals surface area contributed by atoms with Crippen LogP contribution in [0.5, 0.6) is 0 Å². The van der Waals surface area contributed by atoms with E-state index >= 15 is 0 Å². The molecule has 156 valence electrons. The van der Waals surface area contributed by atoms with Crippen molar-refractivity contribution in [3.8, 4) is 21.7 Å². The number of benzene rings is 1. The summed E-state index contributed by atoms with van der Waals surface area (Å²) in [5.74, 6) is 0.414. The largest absolute Gasteiger partial charge is 0.354 e. The summed E-state index contributed by atoms with van der Waals surface area (Å²) in [6.07, 6.45) is 4.80. The summed E-state index contributed by atoms with van der Waals surface area (Å²) in [6, 6.07) is 11.5. The molecule has 5 heterocycles. The van der Waals surface area contributed by atoms with E-state index in [1.54, 1.807) is 6.33 Å². The van der Waals surface area contributed by atoms with Gasteiger partial charge in [0.25, 0.3) is 0 Å². The monoisotopic (exact) mass is 427 g/mol. The van der Waals surface area contributed by atoms with E-state index in [1.807, 2.05) is 15.9 Å². The molecule has 0 aliphatic carbocycles. The third-order valence-electron chi connectivity index (χ3n) is 6.31. The smallest absolute Gasteiger partial charge is 0.158 e. The molecule has 1 aliphatic heterocycles. The third-order valence-corrected chi connectivity index (χ3v) is 7.53. The number of thiophene rings is 1. The summed E-state index contributed by atoms with van der Waals surface area (Å²) in [5, 5.41) is 7.82. The lowest BCUT2D eigenvalue weighted by Crippen LogP contribution is -2.23. The average molecular weight is 428 g/mol. The van der Waals surface area contributed by atoms with E-state index in [4.69, 9.17) is 0 Å². The molecule has 0 saturated carbocycles. The molecule has 31 heavy (non-hydrogen) atoms. The van der Waals surface area contributed by atoms with Gasteiger partial charge in [-0.05, 0) is 71.8 Å². The summed E-state index contributed by atoms with van der Waals surface area (Å²) in [6.45, 7) is 8.70. The van der Waals surface area contributed by atoms with E-state index in [2.05, 4.69) is 77.7 Å². The van der Waals surface area contributed by atoms with E-state index in [9.17, 15) is 0 Å². The van der Waals surface area contributed by atoms with Crippen LogP contribution >= 0.6 is 11.3 Å². The first-order valence-electron chi connectivity index (χ1n) is 10.9. The summed E-state index contributed by atoms with van der Waals surface area (Å²) in [4.78, 5) is 9.43. The first-order valence-corrected chi connectivity index (χ1v) is 11.7. The van der Waals surface area contributed by atoms with Crippen molar-refractivity contribution in [1.82, 2.24) is 24.9 Å². The van der Waals surface area contributed by atoms with Crippen molar-refractivity contribution in [3.63, 3.8) is 0 Å². The van der Waals surface area contributed by atoms with Crippen LogP contribution < -0.4 is 5.32 Å². The molecule has 5 nitrogen and oxygen atoms in total. The van der Waals surface area contributed by atoms with Crippen molar-refractivity contribution < 1.29 is 0 Å². The van der Waals surface area contributed by atoms with Crippen LogP contribution in [-0.4, -0.2) is 26.1 Å². The number of H-pyrrole nitrogens is 1. The fraction of sp³-hybridized carbons (Fsp3) is 0.280. The van der Waals surface area contributed by atoms with Crippen LogP contribution in [0.4, 0.5) is 0 Å². The molecule has 0 bridgehead atoms. The number of aromatic amines is 1. The highest BCUT2D eigenvalue weighted by Gasteiger charge is 2.20. The molecule has 0 atom stereocenters. The molecule has 4 aromatic heterocycles. The molecule has 1 aliphatic rings. The third kappa shape index (κ3) is 3.01. The number of hydrogen-bond donors (Lipinski definition) is 2. The van der Waals surface area contributed by atoms with Gasteiger partial charge >= 0.3 is 0 Å². The molecular formula is C25H25N5S. The minimum atomic E-state index is 0.414. The Balaban J connectivity index is 1.49. The van der Waals surface area contributed by atoms with Gasteiger partial charge in [-0.25, -0.2) is 9.50 Å². The molecule has 6 rings (SSSR count). The molecule has 0 fully saturated rings. The fourth-order valence-corrected chi connectivity index (χ4v) is 6.09. The normalized spacial score (nSPS) is 14.1. The molecule has 0 saturated heterocycles. The Hall–Kier alpha value is -2.96. The Morgan fingerprint density at radius 1 is 1.10 bits per heavy atom. The number of nitrogens with one attached hydrogen (secondary N) is 2. The maximum Gasteiger partial charge on any atom is 0.158 e. The van der Waals surface area contributed by atoms with Gasteiger partial charge in [0.15, 0.2) is 5.65 Å². The zero-order chi connectivity index (χ0) is 21.1. The van der Waals surface area contributed by atoms with Crippen LogP contribution in [-0.2, 0) is 13.0 Å². The van der Waals surface area contributed by atoms with Crippen LogP contribution in [0.1, 0.15) is 42.0 Å². The molecule has 6 heteroatoms. The molecule has 0 amide bonds. The number of rotatable bonds is 3. The lowest BCUT2D eigenvalue weighted by atomic mass is 9.98. The maximum absolute atomic E-state index is 4.36. The van der Waals surface area contributed by atoms with E-state index in [0.29, 0.717) is 5.92 Å². The van der Waals surface area contributed by atoms with Gasteiger partial charge < -0.3 is 10.3 Å². The summed E-state index contributed by atoms with van der Waals surface area (Å²) < 4.78 is 3.23. The second-order valence-corrected chi connectivity index (χ2v) is 9.82. The highest BCUT2D eigenvalue weighted by molar-refractivity contribution is 7.22. The lowest BCUT2D eigenvalue weighted by Gasteiger charge is -2.17. The van der Waals surface area contributed by atoms with Crippen LogP contribution in [0.3, 0.4) is 0 Å². The van der Waals surface area contributed by atoms with Crippen molar-refractivity contribution in [2.24, 2.45) is 0 Å². The number of hydrogen-bond acceptors (Lipinski definition) is 4. The zero-order valence-corrected chi connectivity index (χ0v) is 18.8. The second kappa shape index (κ2) is 7.04. The van der Waals surface area contributed by atoms with Crippen molar-refractivity contribution in [2.75, 3.05) is 6.54 Å². The van der Waals surface area contributed by atoms with Crippen molar-refractivity contribution in [2.45, 2.75) is 39.7 Å². The molecule has 0 spiro atoms. The van der Waals surface area contributed by atoms with Crippen LogP contribution in [0.2, 0.25) is 0 Å². The van der Waals surface area contributed by atoms with Crippen LogP contribution in [0.15, 0.2) is 42.9 Å². The summed E-state index contributed by atoms with van der Waals surface area (Å²) in [5.41, 5.74) is 11.2. The van der Waals surface area contributed by atoms with Crippen LogP contribution in [0.25, 0.3) is 37.6 Å². The quantitative estimate of drug-likeness (QED) is 0.389. The molecule has 5 aromatic rings. The number of nitrogens with zero attached hydrogens (tertiary/aromatic N) is 3. The zero-order valence-electron chi connectivity index (χ0n) is 18.0. The predicted octanol–water partition coefficient (Wildman–Crippen LogP) is 5.68.